The number of nitrogens with zero attached hydrogens (tertiary/aromatic N) is 2. The topological polar surface area (TPSA) is 86.8 Å². The summed E-state index contributed by atoms with van der Waals surface area (Å²) in [7, 11) is -4.19. The first-order valence-electron chi connectivity index (χ1n) is 14.2. The number of hydrogen-bond donors (Lipinski definition) is 1. The minimum Gasteiger partial charge on any atom is -0.352 e. The van der Waals surface area contributed by atoms with Crippen molar-refractivity contribution in [3.63, 3.8) is 0 Å². The average molecular weight is 681 g/mol. The van der Waals surface area contributed by atoms with E-state index in [9.17, 15) is 22.4 Å². The third kappa shape index (κ3) is 8.54. The normalized spacial score (nSPS) is 12.0. The molecule has 0 fully saturated rings. The van der Waals surface area contributed by atoms with Gasteiger partial charge < -0.3 is 10.2 Å². The van der Waals surface area contributed by atoms with Crippen molar-refractivity contribution in [3.8, 4) is 0 Å². The summed E-state index contributed by atoms with van der Waals surface area (Å²) in [6.07, 6.45) is 0.190. The number of carbonyl (C=O) groups excluding carboxylic acids is 2. The van der Waals surface area contributed by atoms with E-state index >= 15 is 0 Å². The van der Waals surface area contributed by atoms with Gasteiger partial charge in [0.2, 0.25) is 11.8 Å². The lowest BCUT2D eigenvalue weighted by Crippen LogP contribution is -2.54. The first-order chi connectivity index (χ1) is 20.9. The van der Waals surface area contributed by atoms with Crippen LogP contribution in [0, 0.1) is 12.7 Å². The molecule has 7 nitrogen and oxygen atoms in total. The number of rotatable bonds is 12. The van der Waals surface area contributed by atoms with E-state index in [-0.39, 0.29) is 35.5 Å². The van der Waals surface area contributed by atoms with Gasteiger partial charge in [-0.1, -0.05) is 76.1 Å². The van der Waals surface area contributed by atoms with Crippen LogP contribution < -0.4 is 9.62 Å². The molecule has 0 heterocycles. The molecule has 0 unspecified atom stereocenters. The molecule has 44 heavy (non-hydrogen) atoms. The smallest absolute Gasteiger partial charge is 0.264 e. The predicted octanol–water partition coefficient (Wildman–Crippen LogP) is 6.26. The number of aryl methyl sites for hydroxylation is 1. The number of halogens is 2. The van der Waals surface area contributed by atoms with Crippen molar-refractivity contribution in [2.24, 2.45) is 0 Å². The maximum atomic E-state index is 14.4. The van der Waals surface area contributed by atoms with Crippen molar-refractivity contribution < 1.29 is 22.4 Å². The second-order valence-corrected chi connectivity index (χ2v) is 13.6. The molecule has 0 aliphatic rings. The summed E-state index contributed by atoms with van der Waals surface area (Å²) < 4.78 is 43.7. The summed E-state index contributed by atoms with van der Waals surface area (Å²) in [5.41, 5.74) is 2.59. The second-order valence-electron chi connectivity index (χ2n) is 10.8. The Hall–Kier alpha value is -4.02. The molecule has 4 aromatic carbocycles. The summed E-state index contributed by atoms with van der Waals surface area (Å²) in [6.45, 7) is 4.90. The van der Waals surface area contributed by atoms with Crippen LogP contribution in [0.3, 0.4) is 0 Å². The SMILES string of the molecule is Cc1ccc(S(=O)(=O)N(CC(=O)N(Cc2ccc(F)cc2)[C@@H](Cc2ccccc2)C(=O)NC(C)C)c2ccc(Br)cc2)cc1. The van der Waals surface area contributed by atoms with Crippen molar-refractivity contribution in [3.05, 3.63) is 130 Å². The summed E-state index contributed by atoms with van der Waals surface area (Å²) >= 11 is 3.39. The zero-order chi connectivity index (χ0) is 31.9. The van der Waals surface area contributed by atoms with Crippen LogP contribution in [0.4, 0.5) is 10.1 Å². The summed E-state index contributed by atoms with van der Waals surface area (Å²) in [6, 6.07) is 26.8. The average Bonchev–Trinajstić information content (AvgIpc) is 2.99. The van der Waals surface area contributed by atoms with Crippen LogP contribution in [0.15, 0.2) is 112 Å². The Bertz CT molecular complexity index is 1660. The fourth-order valence-corrected chi connectivity index (χ4v) is 6.37. The molecule has 0 aromatic heterocycles. The van der Waals surface area contributed by atoms with Crippen LogP contribution in [-0.4, -0.2) is 43.8 Å². The van der Waals surface area contributed by atoms with E-state index in [0.29, 0.717) is 5.56 Å². The van der Waals surface area contributed by atoms with Gasteiger partial charge in [0.05, 0.1) is 10.6 Å². The quantitative estimate of drug-likeness (QED) is 0.192. The number of anilines is 1. The van der Waals surface area contributed by atoms with Gasteiger partial charge in [0.1, 0.15) is 18.4 Å². The minimum atomic E-state index is -4.19. The van der Waals surface area contributed by atoms with E-state index in [4.69, 9.17) is 0 Å². The van der Waals surface area contributed by atoms with E-state index in [1.165, 1.54) is 29.2 Å². The van der Waals surface area contributed by atoms with Crippen molar-refractivity contribution >= 4 is 43.5 Å². The molecular formula is C34H35BrFN3O4S. The predicted molar refractivity (Wildman–Crippen MR) is 174 cm³/mol. The van der Waals surface area contributed by atoms with Gasteiger partial charge in [0.25, 0.3) is 10.0 Å². The molecular weight excluding hydrogens is 645 g/mol. The van der Waals surface area contributed by atoms with Gasteiger partial charge in [-0.3, -0.25) is 13.9 Å². The maximum absolute atomic E-state index is 14.4. The number of hydrogen-bond acceptors (Lipinski definition) is 4. The molecule has 1 atom stereocenters. The molecule has 4 rings (SSSR count). The van der Waals surface area contributed by atoms with Gasteiger partial charge >= 0.3 is 0 Å². The Morgan fingerprint density at radius 3 is 2.05 bits per heavy atom. The standard InChI is InChI=1S/C34H35BrFN3O4S/c1-24(2)37-34(41)32(21-26-7-5-4-6-8-26)38(22-27-11-15-29(36)16-12-27)33(40)23-39(30-17-13-28(35)14-18-30)44(42,43)31-19-9-25(3)10-20-31/h4-20,24,32H,21-23H2,1-3H3,(H,37,41)/t32-/m0/s1. The summed E-state index contributed by atoms with van der Waals surface area (Å²) in [5, 5.41) is 2.92. The molecule has 0 spiro atoms. The van der Waals surface area contributed by atoms with Crippen molar-refractivity contribution in [1.29, 1.82) is 0 Å². The van der Waals surface area contributed by atoms with E-state index in [2.05, 4.69) is 21.2 Å². The van der Waals surface area contributed by atoms with Crippen molar-refractivity contribution in [2.45, 2.75) is 50.7 Å². The molecule has 0 radical (unpaired) electrons. The lowest BCUT2D eigenvalue weighted by Gasteiger charge is -2.34. The Morgan fingerprint density at radius 2 is 1.45 bits per heavy atom. The molecule has 2 amide bonds. The molecule has 0 aliphatic carbocycles. The Morgan fingerprint density at radius 1 is 0.841 bits per heavy atom. The van der Waals surface area contributed by atoms with Gasteiger partial charge in [-0.25, -0.2) is 12.8 Å². The highest BCUT2D eigenvalue weighted by Gasteiger charge is 2.34. The van der Waals surface area contributed by atoms with Crippen molar-refractivity contribution in [2.75, 3.05) is 10.8 Å². The number of sulfonamides is 1. The number of carbonyl (C=O) groups is 2. The highest BCUT2D eigenvalue weighted by Crippen LogP contribution is 2.27. The molecule has 230 valence electrons. The molecule has 0 bridgehead atoms. The minimum absolute atomic E-state index is 0.0299. The number of benzene rings is 4. The molecule has 0 saturated heterocycles. The van der Waals surface area contributed by atoms with Crippen LogP contribution in [-0.2, 0) is 32.6 Å². The van der Waals surface area contributed by atoms with E-state index in [0.717, 1.165) is 19.9 Å². The van der Waals surface area contributed by atoms with E-state index in [1.807, 2.05) is 51.1 Å². The van der Waals surface area contributed by atoms with Gasteiger partial charge in [-0.2, -0.15) is 0 Å². The zero-order valence-electron chi connectivity index (χ0n) is 24.8. The molecule has 0 aliphatic heterocycles. The third-order valence-electron chi connectivity index (χ3n) is 6.97. The largest absolute Gasteiger partial charge is 0.352 e. The Labute approximate surface area is 266 Å². The zero-order valence-corrected chi connectivity index (χ0v) is 27.2. The summed E-state index contributed by atoms with van der Waals surface area (Å²) in [4.78, 5) is 29.5. The monoisotopic (exact) mass is 679 g/mol. The van der Waals surface area contributed by atoms with Crippen LogP contribution in [0.5, 0.6) is 0 Å². The Balaban J connectivity index is 1.79. The fourth-order valence-electron chi connectivity index (χ4n) is 4.69. The second kappa shape index (κ2) is 14.6. The van der Waals surface area contributed by atoms with Gasteiger partial charge in [-0.15, -0.1) is 0 Å². The van der Waals surface area contributed by atoms with Gasteiger partial charge in [0, 0.05) is 23.5 Å². The van der Waals surface area contributed by atoms with Crippen LogP contribution in [0.2, 0.25) is 0 Å². The lowest BCUT2D eigenvalue weighted by atomic mass is 10.0. The first-order valence-corrected chi connectivity index (χ1v) is 16.4. The number of nitrogens with one attached hydrogen (secondary N) is 1. The molecule has 1 N–H and O–H groups in total. The van der Waals surface area contributed by atoms with Gasteiger partial charge in [0.15, 0.2) is 0 Å². The third-order valence-corrected chi connectivity index (χ3v) is 9.29. The Kier molecular flexibility index (Phi) is 10.9. The molecule has 4 aromatic rings. The van der Waals surface area contributed by atoms with E-state index < -0.39 is 34.3 Å². The van der Waals surface area contributed by atoms with E-state index in [1.54, 1.807) is 48.5 Å². The van der Waals surface area contributed by atoms with Crippen LogP contribution in [0.25, 0.3) is 0 Å². The summed E-state index contributed by atoms with van der Waals surface area (Å²) in [5.74, 6) is -1.40. The maximum Gasteiger partial charge on any atom is 0.264 e. The highest BCUT2D eigenvalue weighted by atomic mass is 79.9. The van der Waals surface area contributed by atoms with Crippen LogP contribution >= 0.6 is 15.9 Å². The molecule has 0 saturated carbocycles. The lowest BCUT2D eigenvalue weighted by molar-refractivity contribution is -0.140. The molecule has 10 heteroatoms. The van der Waals surface area contributed by atoms with Crippen molar-refractivity contribution in [1.82, 2.24) is 10.2 Å². The highest BCUT2D eigenvalue weighted by molar-refractivity contribution is 9.10. The fraction of sp³-hybridized carbons (Fsp3) is 0.235. The van der Waals surface area contributed by atoms with Crippen LogP contribution in [0.1, 0.15) is 30.5 Å². The first kappa shape index (κ1) is 32.9. The van der Waals surface area contributed by atoms with Gasteiger partial charge in [-0.05, 0) is 80.4 Å². The number of amides is 2.